The Balaban J connectivity index is 2.41. The van der Waals surface area contributed by atoms with Gasteiger partial charge in [0.2, 0.25) is 0 Å². The lowest BCUT2D eigenvalue weighted by Crippen LogP contribution is -2.48. The molecule has 28 heavy (non-hydrogen) atoms. The van der Waals surface area contributed by atoms with Crippen molar-refractivity contribution in [2.24, 2.45) is 0 Å². The minimum Gasteiger partial charge on any atom is -0.466 e. The van der Waals surface area contributed by atoms with Crippen LogP contribution in [-0.2, 0) is 20.4 Å². The first-order chi connectivity index (χ1) is 13.2. The van der Waals surface area contributed by atoms with Crippen LogP contribution in [0.4, 0.5) is 13.2 Å². The van der Waals surface area contributed by atoms with Crippen molar-refractivity contribution in [1.29, 1.82) is 0 Å². The number of nitrogens with zero attached hydrogens (tertiary/aromatic N) is 1. The van der Waals surface area contributed by atoms with Crippen LogP contribution < -0.4 is 5.32 Å². The predicted octanol–water partition coefficient (Wildman–Crippen LogP) is 3.81. The number of methoxy groups -OCH3 is 1. The summed E-state index contributed by atoms with van der Waals surface area (Å²) in [4.78, 5) is 14.2. The number of hydrogen-bond acceptors (Lipinski definition) is 4. The van der Waals surface area contributed by atoms with Crippen molar-refractivity contribution in [2.75, 3.05) is 26.9 Å². The molecule has 2 rings (SSSR count). The van der Waals surface area contributed by atoms with E-state index in [1.807, 2.05) is 6.92 Å². The van der Waals surface area contributed by atoms with E-state index in [2.05, 4.69) is 5.32 Å². The van der Waals surface area contributed by atoms with Gasteiger partial charge >= 0.3 is 12.1 Å². The Morgan fingerprint density at radius 1 is 1.36 bits per heavy atom. The molecule has 1 N–H and O–H groups in total. The molecule has 1 aromatic rings. The third-order valence-electron chi connectivity index (χ3n) is 4.42. The second-order valence-corrected chi connectivity index (χ2v) is 6.59. The zero-order valence-corrected chi connectivity index (χ0v) is 16.7. The van der Waals surface area contributed by atoms with E-state index in [1.165, 1.54) is 19.2 Å². The van der Waals surface area contributed by atoms with Crippen molar-refractivity contribution in [3.63, 3.8) is 0 Å². The first-order valence-corrected chi connectivity index (χ1v) is 9.23. The van der Waals surface area contributed by atoms with E-state index in [4.69, 9.17) is 21.7 Å². The molecular formula is C19H23F3N2O3S. The average molecular weight is 416 g/mol. The van der Waals surface area contributed by atoms with Gasteiger partial charge in [-0.15, -0.1) is 0 Å². The standard InChI is InChI=1S/C19H23F3N2O3S/c1-4-27-10-6-9-24-12(2)15(17(25)26-3)16(23-18(24)28)13-7-5-8-14(11-13)19(20,21)22/h5,7-8,11,16H,4,6,9-10H2,1-3H3,(H,23,28)/t16-/m0/s1. The first-order valence-electron chi connectivity index (χ1n) is 8.82. The quantitative estimate of drug-likeness (QED) is 0.415. The van der Waals surface area contributed by atoms with Crippen LogP contribution >= 0.6 is 12.2 Å². The van der Waals surface area contributed by atoms with E-state index < -0.39 is 23.8 Å². The molecular weight excluding hydrogens is 393 g/mol. The number of carbonyl (C=O) groups excluding carboxylic acids is 1. The van der Waals surface area contributed by atoms with E-state index in [0.29, 0.717) is 37.0 Å². The minimum absolute atomic E-state index is 0.229. The van der Waals surface area contributed by atoms with Crippen molar-refractivity contribution in [3.8, 4) is 0 Å². The summed E-state index contributed by atoms with van der Waals surface area (Å²) in [5.74, 6) is -0.621. The maximum atomic E-state index is 13.1. The summed E-state index contributed by atoms with van der Waals surface area (Å²) in [5, 5.41) is 3.33. The van der Waals surface area contributed by atoms with Crippen LogP contribution in [-0.4, -0.2) is 42.8 Å². The summed E-state index contributed by atoms with van der Waals surface area (Å²) in [6.07, 6.45) is -3.81. The van der Waals surface area contributed by atoms with Crippen LogP contribution in [0.15, 0.2) is 35.5 Å². The monoisotopic (exact) mass is 416 g/mol. The average Bonchev–Trinajstić information content (AvgIpc) is 2.65. The normalized spacial score (nSPS) is 17.6. The van der Waals surface area contributed by atoms with Crippen molar-refractivity contribution in [3.05, 3.63) is 46.7 Å². The van der Waals surface area contributed by atoms with Crippen molar-refractivity contribution >= 4 is 23.3 Å². The molecule has 0 amide bonds. The van der Waals surface area contributed by atoms with Crippen molar-refractivity contribution < 1.29 is 27.4 Å². The van der Waals surface area contributed by atoms with Crippen molar-refractivity contribution in [2.45, 2.75) is 32.5 Å². The van der Waals surface area contributed by atoms with E-state index in [1.54, 1.807) is 11.8 Å². The summed E-state index contributed by atoms with van der Waals surface area (Å²) in [5.41, 5.74) is 0.269. The Hall–Kier alpha value is -2.13. The number of alkyl halides is 3. The maximum Gasteiger partial charge on any atom is 0.416 e. The lowest BCUT2D eigenvalue weighted by Gasteiger charge is -2.37. The fourth-order valence-electron chi connectivity index (χ4n) is 3.04. The van der Waals surface area contributed by atoms with Gasteiger partial charge in [-0.1, -0.05) is 12.1 Å². The van der Waals surface area contributed by atoms with Crippen LogP contribution in [0, 0.1) is 0 Å². The molecule has 0 aromatic heterocycles. The maximum absolute atomic E-state index is 13.1. The first kappa shape index (κ1) is 22.2. The smallest absolute Gasteiger partial charge is 0.416 e. The molecule has 0 spiro atoms. The molecule has 0 unspecified atom stereocenters. The van der Waals surface area contributed by atoms with Crippen molar-refractivity contribution in [1.82, 2.24) is 10.2 Å². The minimum atomic E-state index is -4.49. The van der Waals surface area contributed by atoms with E-state index >= 15 is 0 Å². The Morgan fingerprint density at radius 3 is 2.68 bits per heavy atom. The molecule has 0 bridgehead atoms. The second kappa shape index (κ2) is 9.38. The molecule has 0 fully saturated rings. The molecule has 1 heterocycles. The van der Waals surface area contributed by atoms with E-state index in [0.717, 1.165) is 12.1 Å². The van der Waals surface area contributed by atoms with Crippen LogP contribution in [0.25, 0.3) is 0 Å². The number of halogens is 3. The van der Waals surface area contributed by atoms with Gasteiger partial charge in [0.05, 0.1) is 24.3 Å². The zero-order chi connectivity index (χ0) is 20.9. The Morgan fingerprint density at radius 2 is 2.07 bits per heavy atom. The summed E-state index contributed by atoms with van der Waals surface area (Å²) in [6, 6.07) is 4.00. The fourth-order valence-corrected chi connectivity index (χ4v) is 3.38. The summed E-state index contributed by atoms with van der Waals surface area (Å²) < 4.78 is 49.5. The number of esters is 1. The van der Waals surface area contributed by atoms with E-state index in [9.17, 15) is 18.0 Å². The Bertz CT molecular complexity index is 765. The van der Waals surface area contributed by atoms with Gasteiger partial charge in [-0.25, -0.2) is 4.79 Å². The second-order valence-electron chi connectivity index (χ2n) is 6.20. The Kier molecular flexibility index (Phi) is 7.42. The van der Waals surface area contributed by atoms with Gasteiger partial charge in [0.25, 0.3) is 0 Å². The lowest BCUT2D eigenvalue weighted by molar-refractivity contribution is -0.137. The van der Waals surface area contributed by atoms with Crippen LogP contribution in [0.3, 0.4) is 0 Å². The zero-order valence-electron chi connectivity index (χ0n) is 15.9. The van der Waals surface area contributed by atoms with E-state index in [-0.39, 0.29) is 11.1 Å². The highest BCUT2D eigenvalue weighted by Crippen LogP contribution is 2.35. The SMILES string of the molecule is CCOCCCN1C(=S)N[C@@H](c2cccc(C(F)(F)F)c2)C(C(=O)OC)=C1C. The van der Waals surface area contributed by atoms with Gasteiger partial charge < -0.3 is 19.7 Å². The highest BCUT2D eigenvalue weighted by molar-refractivity contribution is 7.80. The molecule has 1 aliphatic heterocycles. The number of allylic oxidation sites excluding steroid dienone is 1. The predicted molar refractivity (Wildman–Crippen MR) is 102 cm³/mol. The molecule has 154 valence electrons. The largest absolute Gasteiger partial charge is 0.466 e. The van der Waals surface area contributed by atoms with Gasteiger partial charge in [-0.05, 0) is 50.2 Å². The topological polar surface area (TPSA) is 50.8 Å². The molecule has 1 aliphatic rings. The molecule has 9 heteroatoms. The number of benzene rings is 1. The molecule has 0 saturated heterocycles. The van der Waals surface area contributed by atoms with Gasteiger partial charge in [-0.3, -0.25) is 0 Å². The molecule has 1 aromatic carbocycles. The molecule has 5 nitrogen and oxygen atoms in total. The molecule has 0 radical (unpaired) electrons. The summed E-state index contributed by atoms with van der Waals surface area (Å²) in [7, 11) is 1.23. The lowest BCUT2D eigenvalue weighted by atomic mass is 9.93. The Labute approximate surface area is 167 Å². The van der Waals surface area contributed by atoms with Crippen LogP contribution in [0.1, 0.15) is 37.4 Å². The summed E-state index contributed by atoms with van der Waals surface area (Å²) >= 11 is 5.41. The summed E-state index contributed by atoms with van der Waals surface area (Å²) in [6.45, 7) is 5.25. The third-order valence-corrected chi connectivity index (χ3v) is 4.76. The third kappa shape index (κ3) is 5.02. The highest BCUT2D eigenvalue weighted by Gasteiger charge is 2.36. The molecule has 0 saturated carbocycles. The number of rotatable bonds is 7. The fraction of sp³-hybridized carbons (Fsp3) is 0.474. The number of ether oxygens (including phenoxy) is 2. The number of hydrogen-bond donors (Lipinski definition) is 1. The van der Waals surface area contributed by atoms with Gasteiger partial charge in [0.15, 0.2) is 5.11 Å². The molecule has 1 atom stereocenters. The van der Waals surface area contributed by atoms with Crippen LogP contribution in [0.2, 0.25) is 0 Å². The molecule has 0 aliphatic carbocycles. The van der Waals surface area contributed by atoms with Gasteiger partial charge in [0.1, 0.15) is 0 Å². The number of thiocarbonyl (C=S) groups is 1. The van der Waals surface area contributed by atoms with Crippen LogP contribution in [0.5, 0.6) is 0 Å². The highest BCUT2D eigenvalue weighted by atomic mass is 32.1. The number of nitrogens with one attached hydrogen (secondary N) is 1. The van der Waals surface area contributed by atoms with Gasteiger partial charge in [0, 0.05) is 25.5 Å². The number of carbonyl (C=O) groups is 1. The van der Waals surface area contributed by atoms with Gasteiger partial charge in [-0.2, -0.15) is 13.2 Å².